The van der Waals surface area contributed by atoms with Crippen molar-refractivity contribution in [3.63, 3.8) is 0 Å². The summed E-state index contributed by atoms with van der Waals surface area (Å²) in [5.74, 6) is 0.204. The van der Waals surface area contributed by atoms with Gasteiger partial charge in [0.05, 0.1) is 6.26 Å². The molecule has 0 saturated carbocycles. The third-order valence-corrected chi connectivity index (χ3v) is 4.94. The third-order valence-electron chi connectivity index (χ3n) is 3.83. The fourth-order valence-corrected chi connectivity index (χ4v) is 3.58. The Kier molecular flexibility index (Phi) is 3.89. The van der Waals surface area contributed by atoms with Crippen molar-refractivity contribution in [3.05, 3.63) is 46.5 Å². The van der Waals surface area contributed by atoms with Gasteiger partial charge in [0.1, 0.15) is 0 Å². The minimum absolute atomic E-state index is 0.00529. The maximum Gasteiger partial charge on any atom is 0.287 e. The normalized spacial score (nSPS) is 17.8. The standard InChI is InChI=1S/C15H17NO3S/c17-14(12-3-1-7-19-12)16-11-15(5-8-18-9-6-15)13-4-2-10-20-13/h1-4,7,10H,5-6,8-9,11H2,(H,16,17). The third kappa shape index (κ3) is 2.64. The summed E-state index contributed by atoms with van der Waals surface area (Å²) in [6.45, 7) is 2.11. The molecule has 3 rings (SSSR count). The van der Waals surface area contributed by atoms with Crippen LogP contribution in [0.1, 0.15) is 28.3 Å². The largest absolute Gasteiger partial charge is 0.459 e. The average Bonchev–Trinajstić information content (AvgIpc) is 3.18. The van der Waals surface area contributed by atoms with E-state index < -0.39 is 0 Å². The first-order chi connectivity index (χ1) is 9.80. The zero-order valence-corrected chi connectivity index (χ0v) is 11.9. The Bertz CT molecular complexity index is 542. The smallest absolute Gasteiger partial charge is 0.287 e. The minimum atomic E-state index is -0.155. The molecule has 0 atom stereocenters. The summed E-state index contributed by atoms with van der Waals surface area (Å²) in [7, 11) is 0. The highest BCUT2D eigenvalue weighted by atomic mass is 32.1. The Labute approximate surface area is 121 Å². The van der Waals surface area contributed by atoms with Gasteiger partial charge in [-0.05, 0) is 36.4 Å². The lowest BCUT2D eigenvalue weighted by molar-refractivity contribution is 0.0496. The number of rotatable bonds is 4. The number of hydrogen-bond acceptors (Lipinski definition) is 4. The van der Waals surface area contributed by atoms with Crippen LogP contribution in [0.5, 0.6) is 0 Å². The number of carbonyl (C=O) groups excluding carboxylic acids is 1. The Morgan fingerprint density at radius 1 is 1.30 bits per heavy atom. The van der Waals surface area contributed by atoms with Gasteiger partial charge in [0.25, 0.3) is 5.91 Å². The molecule has 0 spiro atoms. The van der Waals surface area contributed by atoms with Crippen molar-refractivity contribution in [1.29, 1.82) is 0 Å². The molecular formula is C15H17NO3S. The topological polar surface area (TPSA) is 51.5 Å². The van der Waals surface area contributed by atoms with Crippen molar-refractivity contribution in [1.82, 2.24) is 5.32 Å². The van der Waals surface area contributed by atoms with Crippen LogP contribution in [0.4, 0.5) is 0 Å². The van der Waals surface area contributed by atoms with Gasteiger partial charge in [-0.25, -0.2) is 0 Å². The SMILES string of the molecule is O=C(NCC1(c2cccs2)CCOCC1)c1ccco1. The number of ether oxygens (including phenoxy) is 1. The highest BCUT2D eigenvalue weighted by Crippen LogP contribution is 2.37. The van der Waals surface area contributed by atoms with Gasteiger partial charge >= 0.3 is 0 Å². The molecule has 0 unspecified atom stereocenters. The molecule has 4 nitrogen and oxygen atoms in total. The van der Waals surface area contributed by atoms with Crippen LogP contribution in [0.25, 0.3) is 0 Å². The van der Waals surface area contributed by atoms with Gasteiger partial charge < -0.3 is 14.5 Å². The second kappa shape index (κ2) is 5.81. The summed E-state index contributed by atoms with van der Waals surface area (Å²) in [5.41, 5.74) is -0.00529. The van der Waals surface area contributed by atoms with Gasteiger partial charge in [-0.3, -0.25) is 4.79 Å². The van der Waals surface area contributed by atoms with E-state index in [0.29, 0.717) is 12.3 Å². The minimum Gasteiger partial charge on any atom is -0.459 e. The monoisotopic (exact) mass is 291 g/mol. The highest BCUT2D eigenvalue weighted by molar-refractivity contribution is 7.10. The van der Waals surface area contributed by atoms with Crippen LogP contribution in [0.15, 0.2) is 40.3 Å². The number of amides is 1. The van der Waals surface area contributed by atoms with Gasteiger partial charge in [0.2, 0.25) is 0 Å². The molecule has 2 aromatic rings. The van der Waals surface area contributed by atoms with Crippen LogP contribution in [0, 0.1) is 0 Å². The Morgan fingerprint density at radius 2 is 2.15 bits per heavy atom. The number of nitrogens with one attached hydrogen (secondary N) is 1. The molecule has 1 aliphatic rings. The molecule has 0 aliphatic carbocycles. The predicted octanol–water partition coefficient (Wildman–Crippen LogP) is 2.82. The quantitative estimate of drug-likeness (QED) is 0.942. The molecule has 2 aromatic heterocycles. The average molecular weight is 291 g/mol. The molecule has 1 amide bonds. The van der Waals surface area contributed by atoms with E-state index in [4.69, 9.17) is 9.15 Å². The molecule has 0 radical (unpaired) electrons. The van der Waals surface area contributed by atoms with Gasteiger partial charge in [0.15, 0.2) is 5.76 Å². The van der Waals surface area contributed by atoms with Gasteiger partial charge in [0, 0.05) is 30.1 Å². The van der Waals surface area contributed by atoms with Crippen LogP contribution in [-0.2, 0) is 10.2 Å². The first-order valence-corrected chi connectivity index (χ1v) is 7.62. The van der Waals surface area contributed by atoms with Gasteiger partial charge in [-0.15, -0.1) is 11.3 Å². The van der Waals surface area contributed by atoms with Crippen LogP contribution >= 0.6 is 11.3 Å². The summed E-state index contributed by atoms with van der Waals surface area (Å²) >= 11 is 1.75. The van der Waals surface area contributed by atoms with Gasteiger partial charge in [-0.2, -0.15) is 0 Å². The van der Waals surface area contributed by atoms with E-state index in [2.05, 4.69) is 22.8 Å². The molecule has 5 heteroatoms. The molecule has 1 N–H and O–H groups in total. The predicted molar refractivity (Wildman–Crippen MR) is 77.1 cm³/mol. The maximum atomic E-state index is 12.0. The van der Waals surface area contributed by atoms with E-state index in [1.807, 2.05) is 0 Å². The van der Waals surface area contributed by atoms with Crippen LogP contribution in [-0.4, -0.2) is 25.7 Å². The summed E-state index contributed by atoms with van der Waals surface area (Å²) in [4.78, 5) is 13.3. The summed E-state index contributed by atoms with van der Waals surface area (Å²) in [5, 5.41) is 5.09. The summed E-state index contributed by atoms with van der Waals surface area (Å²) in [6, 6.07) is 7.61. The summed E-state index contributed by atoms with van der Waals surface area (Å²) < 4.78 is 10.6. The lowest BCUT2D eigenvalue weighted by Crippen LogP contribution is -2.44. The molecule has 3 heterocycles. The van der Waals surface area contributed by atoms with Crippen molar-refractivity contribution >= 4 is 17.2 Å². The van der Waals surface area contributed by atoms with Crippen molar-refractivity contribution in [2.75, 3.05) is 19.8 Å². The molecule has 1 fully saturated rings. The van der Waals surface area contributed by atoms with E-state index in [1.54, 1.807) is 23.5 Å². The summed E-state index contributed by atoms with van der Waals surface area (Å²) in [6.07, 6.45) is 3.39. The molecule has 0 bridgehead atoms. The van der Waals surface area contributed by atoms with Crippen LogP contribution < -0.4 is 5.32 Å². The first-order valence-electron chi connectivity index (χ1n) is 6.74. The Balaban J connectivity index is 1.72. The van der Waals surface area contributed by atoms with E-state index in [1.165, 1.54) is 11.1 Å². The van der Waals surface area contributed by atoms with E-state index in [9.17, 15) is 4.79 Å². The first kappa shape index (κ1) is 13.4. The lowest BCUT2D eigenvalue weighted by atomic mass is 9.78. The second-order valence-electron chi connectivity index (χ2n) is 5.03. The van der Waals surface area contributed by atoms with Crippen molar-refractivity contribution in [3.8, 4) is 0 Å². The van der Waals surface area contributed by atoms with E-state index in [-0.39, 0.29) is 11.3 Å². The maximum absolute atomic E-state index is 12.0. The van der Waals surface area contributed by atoms with Crippen molar-refractivity contribution in [2.45, 2.75) is 18.3 Å². The number of thiophene rings is 1. The van der Waals surface area contributed by atoms with Crippen LogP contribution in [0.3, 0.4) is 0 Å². The molecule has 106 valence electrons. The number of hydrogen-bond donors (Lipinski definition) is 1. The molecule has 1 saturated heterocycles. The second-order valence-corrected chi connectivity index (χ2v) is 5.98. The molecule has 0 aromatic carbocycles. The van der Waals surface area contributed by atoms with Gasteiger partial charge in [-0.1, -0.05) is 6.07 Å². The molecular weight excluding hydrogens is 274 g/mol. The van der Waals surface area contributed by atoms with E-state index in [0.717, 1.165) is 26.1 Å². The molecule has 1 aliphatic heterocycles. The Hall–Kier alpha value is -1.59. The van der Waals surface area contributed by atoms with Crippen molar-refractivity contribution in [2.24, 2.45) is 0 Å². The van der Waals surface area contributed by atoms with Crippen molar-refractivity contribution < 1.29 is 13.9 Å². The fraction of sp³-hybridized carbons (Fsp3) is 0.400. The molecule has 20 heavy (non-hydrogen) atoms. The zero-order chi connectivity index (χ0) is 13.8. The number of carbonyl (C=O) groups is 1. The Morgan fingerprint density at radius 3 is 2.80 bits per heavy atom. The van der Waals surface area contributed by atoms with Crippen LogP contribution in [0.2, 0.25) is 0 Å². The fourth-order valence-electron chi connectivity index (χ4n) is 2.60. The zero-order valence-electron chi connectivity index (χ0n) is 11.1. The number of furan rings is 1. The van der Waals surface area contributed by atoms with E-state index >= 15 is 0 Å². The highest BCUT2D eigenvalue weighted by Gasteiger charge is 2.35. The lowest BCUT2D eigenvalue weighted by Gasteiger charge is -2.36.